The Morgan fingerprint density at radius 2 is 1.48 bits per heavy atom. The highest BCUT2D eigenvalue weighted by molar-refractivity contribution is 5.94. The van der Waals surface area contributed by atoms with Crippen molar-refractivity contribution in [1.29, 1.82) is 0 Å². The van der Waals surface area contributed by atoms with Gasteiger partial charge in [0.1, 0.15) is 47.4 Å². The average molecular weight is 954 g/mol. The maximum Gasteiger partial charge on any atom is 0.413 e. The predicted molar refractivity (Wildman–Crippen MR) is 246 cm³/mol. The Morgan fingerprint density at radius 3 is 2.03 bits per heavy atom. The molecule has 370 valence electrons. The number of methoxy groups -OCH3 is 3. The minimum absolute atomic E-state index is 0.125. The summed E-state index contributed by atoms with van der Waals surface area (Å²) in [6, 6.07) is 22.9. The van der Waals surface area contributed by atoms with Gasteiger partial charge >= 0.3 is 24.0 Å². The minimum atomic E-state index is -2.22. The number of carbonyl (C=O) groups is 5. The highest BCUT2D eigenvalue weighted by Crippen LogP contribution is 2.65. The first-order chi connectivity index (χ1) is 32.6. The molecule has 3 aromatic carbocycles. The molecule has 5 aliphatic rings. The quantitative estimate of drug-likeness (QED) is 0.124. The summed E-state index contributed by atoms with van der Waals surface area (Å²) in [6.45, 7) is 13.1. The molecule has 2 saturated carbocycles. The van der Waals surface area contributed by atoms with Gasteiger partial charge < -0.3 is 47.7 Å². The van der Waals surface area contributed by atoms with Gasteiger partial charge in [-0.05, 0) is 75.6 Å². The Morgan fingerprint density at radius 1 is 0.841 bits per heavy atom. The number of hydrogen-bond acceptors (Lipinski definition) is 15. The third-order valence-corrected chi connectivity index (χ3v) is 15.1. The van der Waals surface area contributed by atoms with E-state index in [1.807, 2.05) is 0 Å². The summed E-state index contributed by atoms with van der Waals surface area (Å²) in [6.07, 6.45) is -9.71. The molecule has 1 amide bonds. The first-order valence-corrected chi connectivity index (χ1v) is 23.2. The fourth-order valence-electron chi connectivity index (χ4n) is 11.8. The van der Waals surface area contributed by atoms with Crippen LogP contribution >= 0.6 is 0 Å². The lowest BCUT2D eigenvalue weighted by atomic mass is 9.44. The zero-order chi connectivity index (χ0) is 50.0. The second kappa shape index (κ2) is 18.3. The van der Waals surface area contributed by atoms with E-state index >= 15 is 9.59 Å². The molecule has 16 nitrogen and oxygen atoms in total. The second-order valence-corrected chi connectivity index (χ2v) is 20.4. The van der Waals surface area contributed by atoms with Crippen molar-refractivity contribution in [1.82, 2.24) is 4.90 Å². The first-order valence-electron chi connectivity index (χ1n) is 23.2. The van der Waals surface area contributed by atoms with Gasteiger partial charge in [0, 0.05) is 45.0 Å². The number of fused-ring (bicyclic) bond motifs is 5. The van der Waals surface area contributed by atoms with Crippen LogP contribution in [0.1, 0.15) is 102 Å². The summed E-state index contributed by atoms with van der Waals surface area (Å²) in [7, 11) is 4.37. The Hall–Kier alpha value is -5.65. The molecule has 0 unspecified atom stereocenters. The number of hydrogen-bond donors (Lipinski definition) is 1. The topological polar surface area (TPSA) is 192 Å². The van der Waals surface area contributed by atoms with E-state index in [9.17, 15) is 19.5 Å². The number of ether oxygens (including phenoxy) is 9. The average Bonchev–Trinajstić information content (AvgIpc) is 3.72. The van der Waals surface area contributed by atoms with E-state index in [4.69, 9.17) is 42.6 Å². The van der Waals surface area contributed by atoms with Gasteiger partial charge in [0.15, 0.2) is 23.7 Å². The van der Waals surface area contributed by atoms with Gasteiger partial charge in [0.2, 0.25) is 0 Å². The molecule has 12 atom stereocenters. The van der Waals surface area contributed by atoms with Crippen LogP contribution in [0.2, 0.25) is 0 Å². The van der Waals surface area contributed by atoms with E-state index in [2.05, 4.69) is 0 Å². The molecule has 16 heteroatoms. The molecule has 2 aliphatic heterocycles. The van der Waals surface area contributed by atoms with Crippen LogP contribution in [-0.4, -0.2) is 121 Å². The minimum Gasteiger partial charge on any atom is -0.497 e. The Kier molecular flexibility index (Phi) is 13.2. The van der Waals surface area contributed by atoms with Crippen molar-refractivity contribution in [3.05, 3.63) is 113 Å². The van der Waals surface area contributed by atoms with Gasteiger partial charge in [-0.2, -0.15) is 0 Å². The summed E-state index contributed by atoms with van der Waals surface area (Å²) in [5, 5.41) is 14.0. The van der Waals surface area contributed by atoms with Crippen LogP contribution in [0, 0.1) is 16.7 Å². The smallest absolute Gasteiger partial charge is 0.413 e. The van der Waals surface area contributed by atoms with Crippen molar-refractivity contribution in [2.24, 2.45) is 16.7 Å². The standard InChI is InChI=1S/C53H63NO15/c1-29-35(65-47(58)41-39(31-18-14-12-15-19-31)54(48(59)69-49(3,4)5)45(66-41)32-22-24-34(61-9)25-23-32)27-53(60)44(67-46(57)33-20-16-13-17-21-33)42-51(8,43(56)40(63-11)38(29)50(53,6)7)36(62-10)26-37-52(42,28-64-37)68-30(2)55/h12-25,35-37,39-42,44-45,60H,26-28H2,1-11H3/t35-,36-,37+,39-,40+,41-,42-,44-,45+,51+,52-,53+/m0/s1. The summed E-state index contributed by atoms with van der Waals surface area (Å²) in [5.74, 6) is -3.65. The number of nitrogens with zero attached hydrogens (tertiary/aromatic N) is 1. The van der Waals surface area contributed by atoms with Crippen molar-refractivity contribution in [3.8, 4) is 5.75 Å². The van der Waals surface area contributed by atoms with Crippen LogP contribution in [0.4, 0.5) is 4.79 Å². The van der Waals surface area contributed by atoms with Crippen molar-refractivity contribution < 1.29 is 71.7 Å². The van der Waals surface area contributed by atoms with E-state index in [0.717, 1.165) is 0 Å². The summed E-state index contributed by atoms with van der Waals surface area (Å²) in [5.41, 5.74) is -5.96. The fourth-order valence-corrected chi connectivity index (χ4v) is 11.8. The highest BCUT2D eigenvalue weighted by Gasteiger charge is 2.78. The van der Waals surface area contributed by atoms with E-state index in [0.29, 0.717) is 28.0 Å². The molecular weight excluding hydrogens is 891 g/mol. The van der Waals surface area contributed by atoms with Crippen LogP contribution in [-0.2, 0) is 52.3 Å². The van der Waals surface area contributed by atoms with Crippen molar-refractivity contribution >= 4 is 29.8 Å². The van der Waals surface area contributed by atoms with Crippen LogP contribution in [0.15, 0.2) is 96.1 Å². The maximum absolute atomic E-state index is 15.8. The third-order valence-electron chi connectivity index (χ3n) is 15.1. The molecule has 8 rings (SSSR count). The molecule has 0 radical (unpaired) electrons. The van der Waals surface area contributed by atoms with Gasteiger partial charge in [-0.25, -0.2) is 14.4 Å². The van der Waals surface area contributed by atoms with E-state index in [-0.39, 0.29) is 25.0 Å². The zero-order valence-electron chi connectivity index (χ0n) is 41.0. The Balaban J connectivity index is 1.29. The number of aliphatic hydroxyl groups is 1. The summed E-state index contributed by atoms with van der Waals surface area (Å²) in [4.78, 5) is 74.6. The van der Waals surface area contributed by atoms with E-state index < -0.39 is 112 Å². The van der Waals surface area contributed by atoms with Crippen LogP contribution in [0.5, 0.6) is 5.75 Å². The normalized spacial score (nSPS) is 33.7. The van der Waals surface area contributed by atoms with Crippen molar-refractivity contribution in [3.63, 3.8) is 0 Å². The number of esters is 3. The second-order valence-electron chi connectivity index (χ2n) is 20.4. The molecule has 2 saturated heterocycles. The lowest BCUT2D eigenvalue weighted by Gasteiger charge is -2.67. The lowest BCUT2D eigenvalue weighted by molar-refractivity contribution is -0.347. The molecule has 2 bridgehead atoms. The van der Waals surface area contributed by atoms with Crippen LogP contribution < -0.4 is 4.74 Å². The molecule has 2 heterocycles. The molecular formula is C53H63NO15. The zero-order valence-corrected chi connectivity index (χ0v) is 41.0. The lowest BCUT2D eigenvalue weighted by Crippen LogP contribution is -2.82. The summed E-state index contributed by atoms with van der Waals surface area (Å²) >= 11 is 0. The largest absolute Gasteiger partial charge is 0.497 e. The molecule has 4 fully saturated rings. The van der Waals surface area contributed by atoms with Crippen LogP contribution in [0.3, 0.4) is 0 Å². The fraction of sp³-hybridized carbons (Fsp3) is 0.528. The number of carbonyl (C=O) groups excluding carboxylic acids is 5. The van der Waals surface area contributed by atoms with E-state index in [1.54, 1.807) is 133 Å². The first kappa shape index (κ1) is 49.8. The molecule has 0 aromatic heterocycles. The Labute approximate surface area is 402 Å². The predicted octanol–water partition coefficient (Wildman–Crippen LogP) is 7.03. The van der Waals surface area contributed by atoms with Crippen molar-refractivity contribution in [2.75, 3.05) is 27.9 Å². The molecule has 3 aromatic rings. The van der Waals surface area contributed by atoms with Gasteiger partial charge in [-0.3, -0.25) is 14.5 Å². The van der Waals surface area contributed by atoms with Gasteiger partial charge in [-0.15, -0.1) is 0 Å². The number of amides is 1. The Bertz CT molecular complexity index is 2490. The third kappa shape index (κ3) is 8.21. The van der Waals surface area contributed by atoms with Crippen molar-refractivity contribution in [2.45, 2.75) is 134 Å². The van der Waals surface area contributed by atoms with E-state index in [1.165, 1.54) is 33.2 Å². The van der Waals surface area contributed by atoms with Gasteiger partial charge in [0.05, 0.1) is 36.7 Å². The molecule has 1 N–H and O–H groups in total. The molecule has 69 heavy (non-hydrogen) atoms. The molecule has 3 aliphatic carbocycles. The number of Topliss-reactive ketones (excluding diaryl/α,β-unsaturated/α-hetero) is 1. The SMILES string of the molecule is COc1ccc([C@H]2O[C@H](C(=O)O[C@H]3C[C@@]4(O)[C@@H](OC(=O)c5ccccc5)[C@@H]5[C@]6(OC(C)=O)CO[C@@H]6C[C@H](OC)[C@@]5(C)C(=O)[C@H](OC)C(=C3C)C4(C)C)[C@H](c3ccccc3)N2C(=O)OC(C)(C)C)cc1. The van der Waals surface area contributed by atoms with Gasteiger partial charge in [0.25, 0.3) is 0 Å². The number of ketones is 1. The van der Waals surface area contributed by atoms with Gasteiger partial charge in [-0.1, -0.05) is 74.5 Å². The number of benzene rings is 3. The summed E-state index contributed by atoms with van der Waals surface area (Å²) < 4.78 is 55.9. The van der Waals surface area contributed by atoms with Crippen LogP contribution in [0.25, 0.3) is 0 Å². The maximum atomic E-state index is 15.8. The number of rotatable bonds is 10. The molecule has 0 spiro atoms. The monoisotopic (exact) mass is 953 g/mol. The highest BCUT2D eigenvalue weighted by atomic mass is 16.6.